The number of thiazole rings is 1. The van der Waals surface area contributed by atoms with Gasteiger partial charge in [0.15, 0.2) is 0 Å². The molecule has 100 valence electrons. The van der Waals surface area contributed by atoms with Gasteiger partial charge in [0, 0.05) is 24.0 Å². The van der Waals surface area contributed by atoms with E-state index < -0.39 is 24.7 Å². The molecule has 0 bridgehead atoms. The van der Waals surface area contributed by atoms with Crippen LogP contribution in [0, 0.1) is 0 Å². The van der Waals surface area contributed by atoms with Crippen molar-refractivity contribution in [3.8, 4) is 0 Å². The van der Waals surface area contributed by atoms with Crippen LogP contribution in [-0.4, -0.2) is 22.3 Å². The molecule has 1 aromatic heterocycles. The van der Waals surface area contributed by atoms with Gasteiger partial charge in [0.2, 0.25) is 0 Å². The number of alkyl halides is 3. The summed E-state index contributed by atoms with van der Waals surface area (Å²) in [6.45, 7) is 0. The van der Waals surface area contributed by atoms with E-state index in [1.165, 1.54) is 17.5 Å². The smallest absolute Gasteiger partial charge is 0.384 e. The molecule has 0 saturated carbocycles. The predicted octanol–water partition coefficient (Wildman–Crippen LogP) is 2.66. The lowest BCUT2D eigenvalue weighted by molar-refractivity contribution is -0.136. The zero-order valence-corrected chi connectivity index (χ0v) is 10.5. The molecule has 1 aromatic rings. The topological polar surface area (TPSA) is 59.1 Å². The molecule has 17 heavy (non-hydrogen) atoms. The lowest BCUT2D eigenvalue weighted by Gasteiger charge is -2.16. The van der Waals surface area contributed by atoms with Crippen molar-refractivity contribution in [3.05, 3.63) is 16.6 Å². The molecule has 0 aliphatic rings. The maximum absolute atomic E-state index is 11.9. The molecule has 2 atom stereocenters. The number of hydrogen-bond acceptors (Lipinski definition) is 4. The number of nitrogens with zero attached hydrogens (tertiary/aromatic N) is 1. The second-order valence-electron chi connectivity index (χ2n) is 3.49. The van der Waals surface area contributed by atoms with Crippen molar-refractivity contribution in [2.75, 3.05) is 0 Å². The Hall–Kier alpha value is -0.370. The number of nitrogens with two attached hydrogens (primary N) is 1. The molecule has 3 nitrogen and oxygen atoms in total. The summed E-state index contributed by atoms with van der Waals surface area (Å²) in [6.07, 6.45) is -4.44. The number of aliphatic hydroxyl groups excluding tert-OH is 1. The molecule has 0 radical (unpaired) electrons. The van der Waals surface area contributed by atoms with E-state index in [-0.39, 0.29) is 25.2 Å². The summed E-state index contributed by atoms with van der Waals surface area (Å²) in [5, 5.41) is 11.8. The van der Waals surface area contributed by atoms with Gasteiger partial charge in [-0.2, -0.15) is 13.2 Å². The minimum atomic E-state index is -4.16. The molecule has 3 N–H and O–H groups in total. The molecule has 0 spiro atoms. The van der Waals surface area contributed by atoms with Crippen LogP contribution in [0.2, 0.25) is 0 Å². The Labute approximate surface area is 107 Å². The van der Waals surface area contributed by atoms with Crippen LogP contribution in [0.15, 0.2) is 11.6 Å². The van der Waals surface area contributed by atoms with E-state index in [9.17, 15) is 18.3 Å². The van der Waals surface area contributed by atoms with Crippen LogP contribution in [0.4, 0.5) is 13.2 Å². The quantitative estimate of drug-likeness (QED) is 0.876. The van der Waals surface area contributed by atoms with Crippen LogP contribution in [-0.2, 0) is 0 Å². The molecule has 8 heteroatoms. The Balaban J connectivity index is 0.00000256. The van der Waals surface area contributed by atoms with Gasteiger partial charge < -0.3 is 10.8 Å². The third kappa shape index (κ3) is 6.21. The van der Waals surface area contributed by atoms with Gasteiger partial charge in [0.25, 0.3) is 0 Å². The molecule has 0 fully saturated rings. The number of hydrogen-bond donors (Lipinski definition) is 2. The Bertz CT molecular complexity index is 308. The molecule has 0 saturated heterocycles. The molecule has 1 heterocycles. The highest BCUT2D eigenvalue weighted by molar-refractivity contribution is 7.09. The summed E-state index contributed by atoms with van der Waals surface area (Å²) in [5.41, 5.74) is 5.59. The molecular weight excluding hydrogens is 277 g/mol. The van der Waals surface area contributed by atoms with Crippen LogP contribution in [0.3, 0.4) is 0 Å². The lowest BCUT2D eigenvalue weighted by atomic mass is 10.1. The third-order valence-electron chi connectivity index (χ3n) is 2.11. The van der Waals surface area contributed by atoms with E-state index in [1.807, 2.05) is 0 Å². The number of aromatic nitrogens is 1. The average Bonchev–Trinajstić information content (AvgIpc) is 2.67. The summed E-state index contributed by atoms with van der Waals surface area (Å²) >= 11 is 1.24. The van der Waals surface area contributed by atoms with E-state index in [4.69, 9.17) is 5.73 Å². The summed E-state index contributed by atoms with van der Waals surface area (Å²) < 4.78 is 35.6. The highest BCUT2D eigenvalue weighted by Gasteiger charge is 2.27. The van der Waals surface area contributed by atoms with Crippen molar-refractivity contribution in [2.45, 2.75) is 37.6 Å². The average molecular weight is 291 g/mol. The number of rotatable bonds is 5. The second kappa shape index (κ2) is 7.15. The van der Waals surface area contributed by atoms with Crippen molar-refractivity contribution in [1.29, 1.82) is 0 Å². The van der Waals surface area contributed by atoms with E-state index >= 15 is 0 Å². The summed E-state index contributed by atoms with van der Waals surface area (Å²) in [7, 11) is 0. The summed E-state index contributed by atoms with van der Waals surface area (Å²) in [4.78, 5) is 3.86. The summed E-state index contributed by atoms with van der Waals surface area (Å²) in [5.74, 6) is 0. The molecule has 1 rings (SSSR count). The Morgan fingerprint density at radius 3 is 2.59 bits per heavy atom. The van der Waals surface area contributed by atoms with Gasteiger partial charge in [0.05, 0.1) is 0 Å². The molecule has 0 aliphatic heterocycles. The second-order valence-corrected chi connectivity index (χ2v) is 4.41. The maximum Gasteiger partial charge on any atom is 0.389 e. The first-order valence-corrected chi connectivity index (χ1v) is 5.68. The van der Waals surface area contributed by atoms with Gasteiger partial charge in [-0.05, 0) is 12.8 Å². The van der Waals surface area contributed by atoms with E-state index in [0.29, 0.717) is 5.01 Å². The molecule has 1 unspecified atom stereocenters. The fraction of sp³-hybridized carbons (Fsp3) is 0.667. The SMILES string of the molecule is Cl.N[C@@H](CCCC(F)(F)F)C(O)c1nccs1. The van der Waals surface area contributed by atoms with Gasteiger partial charge >= 0.3 is 6.18 Å². The fourth-order valence-electron chi connectivity index (χ4n) is 1.26. The maximum atomic E-state index is 11.9. The Morgan fingerprint density at radius 1 is 1.47 bits per heavy atom. The Morgan fingerprint density at radius 2 is 2.12 bits per heavy atom. The van der Waals surface area contributed by atoms with E-state index in [1.54, 1.807) is 5.38 Å². The van der Waals surface area contributed by atoms with Crippen LogP contribution < -0.4 is 5.73 Å². The van der Waals surface area contributed by atoms with Gasteiger partial charge in [0.1, 0.15) is 11.1 Å². The lowest BCUT2D eigenvalue weighted by Crippen LogP contribution is -2.28. The van der Waals surface area contributed by atoms with Gasteiger partial charge in [-0.3, -0.25) is 0 Å². The number of aliphatic hydroxyl groups is 1. The highest BCUT2D eigenvalue weighted by Crippen LogP contribution is 2.25. The normalized spacial score (nSPS) is 15.1. The molecule has 0 amide bonds. The van der Waals surface area contributed by atoms with Gasteiger partial charge in [-0.15, -0.1) is 23.7 Å². The predicted molar refractivity (Wildman–Crippen MR) is 62.2 cm³/mol. The monoisotopic (exact) mass is 290 g/mol. The minimum absolute atomic E-state index is 0. The summed E-state index contributed by atoms with van der Waals surface area (Å²) in [6, 6.07) is -0.700. The Kier molecular flexibility index (Phi) is 6.99. The van der Waals surface area contributed by atoms with Crippen molar-refractivity contribution in [1.82, 2.24) is 4.98 Å². The fourth-order valence-corrected chi connectivity index (χ4v) is 1.96. The minimum Gasteiger partial charge on any atom is -0.384 e. The molecular formula is C9H14ClF3N2OS. The van der Waals surface area contributed by atoms with Crippen molar-refractivity contribution in [2.24, 2.45) is 5.73 Å². The van der Waals surface area contributed by atoms with Crippen LogP contribution >= 0.6 is 23.7 Å². The first-order valence-electron chi connectivity index (χ1n) is 4.80. The molecule has 0 aliphatic carbocycles. The number of halogens is 4. The van der Waals surface area contributed by atoms with Gasteiger partial charge in [-0.1, -0.05) is 0 Å². The van der Waals surface area contributed by atoms with Crippen LogP contribution in [0.5, 0.6) is 0 Å². The van der Waals surface area contributed by atoms with Gasteiger partial charge in [-0.25, -0.2) is 4.98 Å². The van der Waals surface area contributed by atoms with Crippen LogP contribution in [0.1, 0.15) is 30.4 Å². The zero-order chi connectivity index (χ0) is 12.2. The van der Waals surface area contributed by atoms with E-state index in [2.05, 4.69) is 4.98 Å². The standard InChI is InChI=1S/C9H13F3N2OS.ClH/c10-9(11,12)3-1-2-6(13)7(15)8-14-4-5-16-8;/h4-7,15H,1-3,13H2;1H/t6-,7?;/m0./s1. The van der Waals surface area contributed by atoms with E-state index in [0.717, 1.165) is 0 Å². The molecule has 0 aromatic carbocycles. The third-order valence-corrected chi connectivity index (χ3v) is 2.95. The first kappa shape index (κ1) is 16.6. The zero-order valence-electron chi connectivity index (χ0n) is 8.85. The first-order chi connectivity index (χ1) is 7.40. The van der Waals surface area contributed by atoms with Crippen molar-refractivity contribution in [3.63, 3.8) is 0 Å². The highest BCUT2D eigenvalue weighted by atomic mass is 35.5. The van der Waals surface area contributed by atoms with Crippen LogP contribution in [0.25, 0.3) is 0 Å². The van der Waals surface area contributed by atoms with Crippen molar-refractivity contribution < 1.29 is 18.3 Å². The van der Waals surface area contributed by atoms with Crippen molar-refractivity contribution >= 4 is 23.7 Å². The largest absolute Gasteiger partial charge is 0.389 e.